The summed E-state index contributed by atoms with van der Waals surface area (Å²) in [5.74, 6) is 1.40. The summed E-state index contributed by atoms with van der Waals surface area (Å²) in [6.45, 7) is 2.22. The molecule has 0 saturated carbocycles. The monoisotopic (exact) mass is 325 g/mol. The molecule has 112 valence electrons. The fourth-order valence-electron chi connectivity index (χ4n) is 1.96. The van der Waals surface area contributed by atoms with E-state index in [1.807, 2.05) is 37.3 Å². The minimum Gasteiger partial charge on any atom is -0.497 e. The standard InChI is InChI=1S/C16H17Cl2NO2/c1-10(19)13-7-6-12(20-2)8-15(13)21-9-11-4-3-5-14(17)16(11)18/h3-8,10H,9,19H2,1-2H3/t10-/m0/s1. The summed E-state index contributed by atoms with van der Waals surface area (Å²) < 4.78 is 11.1. The summed E-state index contributed by atoms with van der Waals surface area (Å²) in [5.41, 5.74) is 7.69. The summed E-state index contributed by atoms with van der Waals surface area (Å²) in [4.78, 5) is 0. The average molecular weight is 326 g/mol. The molecule has 3 nitrogen and oxygen atoms in total. The zero-order valence-electron chi connectivity index (χ0n) is 11.9. The van der Waals surface area contributed by atoms with E-state index in [-0.39, 0.29) is 6.04 Å². The quantitative estimate of drug-likeness (QED) is 0.873. The van der Waals surface area contributed by atoms with Gasteiger partial charge in [-0.2, -0.15) is 0 Å². The summed E-state index contributed by atoms with van der Waals surface area (Å²) in [6.07, 6.45) is 0. The van der Waals surface area contributed by atoms with Gasteiger partial charge < -0.3 is 15.2 Å². The molecule has 0 aliphatic heterocycles. The molecule has 0 unspecified atom stereocenters. The molecule has 0 heterocycles. The van der Waals surface area contributed by atoms with Crippen molar-refractivity contribution in [2.45, 2.75) is 19.6 Å². The fourth-order valence-corrected chi connectivity index (χ4v) is 2.33. The lowest BCUT2D eigenvalue weighted by Crippen LogP contribution is -2.08. The molecule has 0 fully saturated rings. The van der Waals surface area contributed by atoms with Crippen LogP contribution in [-0.4, -0.2) is 7.11 Å². The van der Waals surface area contributed by atoms with Crippen molar-refractivity contribution < 1.29 is 9.47 Å². The van der Waals surface area contributed by atoms with Crippen molar-refractivity contribution in [3.05, 3.63) is 57.6 Å². The second-order valence-electron chi connectivity index (χ2n) is 4.69. The first kappa shape index (κ1) is 16.0. The molecule has 21 heavy (non-hydrogen) atoms. The predicted molar refractivity (Wildman–Crippen MR) is 86.4 cm³/mol. The molecule has 0 bridgehead atoms. The lowest BCUT2D eigenvalue weighted by molar-refractivity contribution is 0.299. The molecule has 5 heteroatoms. The molecular weight excluding hydrogens is 309 g/mol. The number of benzene rings is 2. The largest absolute Gasteiger partial charge is 0.497 e. The molecule has 0 aliphatic carbocycles. The van der Waals surface area contributed by atoms with Gasteiger partial charge in [-0.05, 0) is 19.1 Å². The molecule has 2 aromatic rings. The molecule has 0 aromatic heterocycles. The van der Waals surface area contributed by atoms with Crippen LogP contribution in [0.5, 0.6) is 11.5 Å². The first-order valence-electron chi connectivity index (χ1n) is 6.52. The average Bonchev–Trinajstić information content (AvgIpc) is 2.48. The maximum absolute atomic E-state index is 6.16. The zero-order valence-corrected chi connectivity index (χ0v) is 13.4. The van der Waals surface area contributed by atoms with Crippen LogP contribution in [0.2, 0.25) is 10.0 Å². The van der Waals surface area contributed by atoms with Crippen molar-refractivity contribution in [3.8, 4) is 11.5 Å². The van der Waals surface area contributed by atoms with Gasteiger partial charge >= 0.3 is 0 Å². The summed E-state index contributed by atoms with van der Waals surface area (Å²) in [7, 11) is 1.61. The van der Waals surface area contributed by atoms with Crippen LogP contribution in [0.25, 0.3) is 0 Å². The number of methoxy groups -OCH3 is 1. The smallest absolute Gasteiger partial charge is 0.128 e. The molecule has 2 rings (SSSR count). The Morgan fingerprint density at radius 3 is 2.62 bits per heavy atom. The Hall–Kier alpha value is -1.42. The van der Waals surface area contributed by atoms with Gasteiger partial charge in [-0.15, -0.1) is 0 Å². The Bertz CT molecular complexity index is 630. The van der Waals surface area contributed by atoms with Crippen molar-refractivity contribution in [3.63, 3.8) is 0 Å². The molecule has 2 aromatic carbocycles. The van der Waals surface area contributed by atoms with Crippen LogP contribution in [0.4, 0.5) is 0 Å². The number of hydrogen-bond donors (Lipinski definition) is 1. The van der Waals surface area contributed by atoms with E-state index in [9.17, 15) is 0 Å². The number of halogens is 2. The number of ether oxygens (including phenoxy) is 2. The molecule has 0 aliphatic rings. The van der Waals surface area contributed by atoms with Crippen molar-refractivity contribution in [2.24, 2.45) is 5.73 Å². The molecule has 0 spiro atoms. The van der Waals surface area contributed by atoms with Gasteiger partial charge in [0.05, 0.1) is 17.2 Å². The second-order valence-corrected chi connectivity index (χ2v) is 5.48. The molecule has 0 saturated heterocycles. The third-order valence-corrected chi connectivity index (χ3v) is 3.98. The maximum Gasteiger partial charge on any atom is 0.128 e. The van der Waals surface area contributed by atoms with Crippen LogP contribution in [0.1, 0.15) is 24.1 Å². The van der Waals surface area contributed by atoms with E-state index >= 15 is 0 Å². The van der Waals surface area contributed by atoms with Gasteiger partial charge in [0.2, 0.25) is 0 Å². The van der Waals surface area contributed by atoms with E-state index in [1.54, 1.807) is 13.2 Å². The van der Waals surface area contributed by atoms with E-state index in [2.05, 4.69) is 0 Å². The van der Waals surface area contributed by atoms with Gasteiger partial charge in [-0.3, -0.25) is 0 Å². The number of rotatable bonds is 5. The topological polar surface area (TPSA) is 44.5 Å². The highest BCUT2D eigenvalue weighted by Crippen LogP contribution is 2.31. The normalized spacial score (nSPS) is 12.0. The van der Waals surface area contributed by atoms with Crippen molar-refractivity contribution in [2.75, 3.05) is 7.11 Å². The minimum absolute atomic E-state index is 0.138. The second kappa shape index (κ2) is 7.03. The molecule has 1 atom stereocenters. The van der Waals surface area contributed by atoms with Crippen LogP contribution in [0, 0.1) is 0 Å². The van der Waals surface area contributed by atoms with Gasteiger partial charge in [0, 0.05) is 23.2 Å². The van der Waals surface area contributed by atoms with Crippen molar-refractivity contribution in [1.82, 2.24) is 0 Å². The van der Waals surface area contributed by atoms with Gasteiger partial charge in [0.25, 0.3) is 0 Å². The SMILES string of the molecule is COc1ccc([C@H](C)N)c(OCc2cccc(Cl)c2Cl)c1. The maximum atomic E-state index is 6.16. The third kappa shape index (κ3) is 3.82. The molecule has 0 radical (unpaired) electrons. The Morgan fingerprint density at radius 1 is 1.19 bits per heavy atom. The zero-order chi connectivity index (χ0) is 15.4. The lowest BCUT2D eigenvalue weighted by atomic mass is 10.1. The van der Waals surface area contributed by atoms with Crippen LogP contribution in [0.3, 0.4) is 0 Å². The first-order valence-corrected chi connectivity index (χ1v) is 7.27. The fraction of sp³-hybridized carbons (Fsp3) is 0.250. The van der Waals surface area contributed by atoms with Crippen LogP contribution >= 0.6 is 23.2 Å². The van der Waals surface area contributed by atoms with Crippen molar-refractivity contribution >= 4 is 23.2 Å². The van der Waals surface area contributed by atoms with Crippen LogP contribution in [-0.2, 0) is 6.61 Å². The van der Waals surface area contributed by atoms with E-state index in [0.717, 1.165) is 11.1 Å². The molecular formula is C16H17Cl2NO2. The minimum atomic E-state index is -0.138. The summed E-state index contributed by atoms with van der Waals surface area (Å²) in [6, 6.07) is 10.9. The Labute approximate surface area is 134 Å². The number of hydrogen-bond acceptors (Lipinski definition) is 3. The van der Waals surface area contributed by atoms with Gasteiger partial charge in [0.1, 0.15) is 18.1 Å². The van der Waals surface area contributed by atoms with E-state index in [4.69, 9.17) is 38.4 Å². The van der Waals surface area contributed by atoms with Gasteiger partial charge in [-0.1, -0.05) is 41.4 Å². The summed E-state index contributed by atoms with van der Waals surface area (Å²) in [5, 5.41) is 1.01. The third-order valence-electron chi connectivity index (χ3n) is 3.13. The highest BCUT2D eigenvalue weighted by molar-refractivity contribution is 6.42. The van der Waals surface area contributed by atoms with E-state index in [0.29, 0.717) is 28.2 Å². The van der Waals surface area contributed by atoms with Crippen molar-refractivity contribution in [1.29, 1.82) is 0 Å². The Kier molecular flexibility index (Phi) is 5.34. The number of nitrogens with two attached hydrogens (primary N) is 1. The molecule has 0 amide bonds. The molecule has 2 N–H and O–H groups in total. The van der Waals surface area contributed by atoms with E-state index in [1.165, 1.54) is 0 Å². The highest BCUT2D eigenvalue weighted by Gasteiger charge is 2.11. The van der Waals surface area contributed by atoms with Gasteiger partial charge in [-0.25, -0.2) is 0 Å². The van der Waals surface area contributed by atoms with Gasteiger partial charge in [0.15, 0.2) is 0 Å². The lowest BCUT2D eigenvalue weighted by Gasteiger charge is -2.16. The van der Waals surface area contributed by atoms with Crippen LogP contribution < -0.4 is 15.2 Å². The highest BCUT2D eigenvalue weighted by atomic mass is 35.5. The predicted octanol–water partition coefficient (Wildman–Crippen LogP) is 4.60. The first-order chi connectivity index (χ1) is 10.0. The van der Waals surface area contributed by atoms with E-state index < -0.39 is 0 Å². The van der Waals surface area contributed by atoms with Crippen LogP contribution in [0.15, 0.2) is 36.4 Å². The summed E-state index contributed by atoms with van der Waals surface area (Å²) >= 11 is 12.2. The Balaban J connectivity index is 2.24. The Morgan fingerprint density at radius 2 is 1.95 bits per heavy atom.